The Bertz CT molecular complexity index is 1200. The van der Waals surface area contributed by atoms with E-state index in [0.717, 1.165) is 12.0 Å². The van der Waals surface area contributed by atoms with Crippen LogP contribution in [0.1, 0.15) is 17.0 Å². The zero-order valence-electron chi connectivity index (χ0n) is 15.3. The molecule has 0 saturated heterocycles. The maximum Gasteiger partial charge on any atom is 0.261 e. The van der Waals surface area contributed by atoms with Crippen LogP contribution in [0.15, 0.2) is 83.7 Å². The van der Waals surface area contributed by atoms with Crippen LogP contribution in [0.2, 0.25) is 5.02 Å². The van der Waals surface area contributed by atoms with Crippen LogP contribution in [0.5, 0.6) is 0 Å². The van der Waals surface area contributed by atoms with Crippen molar-refractivity contribution in [2.24, 2.45) is 0 Å². The van der Waals surface area contributed by atoms with Crippen molar-refractivity contribution < 1.29 is 0 Å². The van der Waals surface area contributed by atoms with Crippen LogP contribution >= 0.6 is 11.6 Å². The second-order valence-corrected chi connectivity index (χ2v) is 6.94. The number of para-hydroxylation sites is 1. The molecule has 0 aliphatic heterocycles. The van der Waals surface area contributed by atoms with Crippen molar-refractivity contribution in [1.29, 1.82) is 0 Å². The van der Waals surface area contributed by atoms with E-state index in [1.165, 1.54) is 5.56 Å². The number of nitrogens with zero attached hydrogens (tertiary/aromatic N) is 2. The second-order valence-electron chi connectivity index (χ2n) is 6.53. The Morgan fingerprint density at radius 3 is 2.39 bits per heavy atom. The second kappa shape index (κ2) is 8.24. The molecule has 0 amide bonds. The third kappa shape index (κ3) is 3.90. The molecule has 4 aromatic rings. The van der Waals surface area contributed by atoms with Crippen LogP contribution < -0.4 is 5.56 Å². The first kappa shape index (κ1) is 18.2. The van der Waals surface area contributed by atoms with E-state index < -0.39 is 0 Å². The average Bonchev–Trinajstić information content (AvgIpc) is 2.73. The van der Waals surface area contributed by atoms with Gasteiger partial charge in [-0.2, -0.15) is 0 Å². The molecule has 0 saturated carbocycles. The smallest absolute Gasteiger partial charge is 0.261 e. The molecule has 4 heteroatoms. The molecular formula is C24H19ClN2O. The van der Waals surface area contributed by atoms with Crippen molar-refractivity contribution in [2.75, 3.05) is 0 Å². The zero-order valence-corrected chi connectivity index (χ0v) is 16.0. The normalized spacial score (nSPS) is 11.3. The maximum atomic E-state index is 13.1. The number of rotatable bonds is 5. The fraction of sp³-hybridized carbons (Fsp3) is 0.0833. The van der Waals surface area contributed by atoms with Gasteiger partial charge in [0.25, 0.3) is 5.56 Å². The molecular weight excluding hydrogens is 368 g/mol. The van der Waals surface area contributed by atoms with E-state index in [-0.39, 0.29) is 5.56 Å². The standard InChI is InChI=1S/C24H19ClN2O/c25-21-12-6-4-10-19(21)14-15-23-26-22-13-7-5-11-20(22)24(28)27(23)17-16-18-8-2-1-3-9-18/h1-15H,16-17H2/b15-14+. The van der Waals surface area contributed by atoms with Crippen LogP contribution in [0.3, 0.4) is 0 Å². The van der Waals surface area contributed by atoms with E-state index in [9.17, 15) is 4.79 Å². The molecule has 1 aromatic heterocycles. The van der Waals surface area contributed by atoms with Crippen molar-refractivity contribution >= 4 is 34.7 Å². The number of fused-ring (bicyclic) bond motifs is 1. The summed E-state index contributed by atoms with van der Waals surface area (Å²) in [5.41, 5.74) is 2.74. The summed E-state index contributed by atoms with van der Waals surface area (Å²) in [7, 11) is 0. The van der Waals surface area contributed by atoms with Gasteiger partial charge in [0.15, 0.2) is 0 Å². The highest BCUT2D eigenvalue weighted by atomic mass is 35.5. The molecule has 0 atom stereocenters. The highest BCUT2D eigenvalue weighted by Crippen LogP contribution is 2.18. The Labute approximate surface area is 168 Å². The van der Waals surface area contributed by atoms with E-state index >= 15 is 0 Å². The van der Waals surface area contributed by atoms with Crippen molar-refractivity contribution in [2.45, 2.75) is 13.0 Å². The Hall–Kier alpha value is -3.17. The lowest BCUT2D eigenvalue weighted by atomic mass is 10.1. The van der Waals surface area contributed by atoms with Crippen molar-refractivity contribution in [3.63, 3.8) is 0 Å². The molecule has 4 rings (SSSR count). The van der Waals surface area contributed by atoms with Gasteiger partial charge in [-0.1, -0.05) is 72.3 Å². The molecule has 0 N–H and O–H groups in total. The minimum atomic E-state index is -0.0275. The Morgan fingerprint density at radius 1 is 0.857 bits per heavy atom. The summed E-state index contributed by atoms with van der Waals surface area (Å²) in [5.74, 6) is 0.625. The summed E-state index contributed by atoms with van der Waals surface area (Å²) in [4.78, 5) is 17.8. The van der Waals surface area contributed by atoms with Crippen molar-refractivity contribution in [1.82, 2.24) is 9.55 Å². The third-order valence-electron chi connectivity index (χ3n) is 4.68. The summed E-state index contributed by atoms with van der Waals surface area (Å²) >= 11 is 6.26. The minimum Gasteiger partial charge on any atom is -0.292 e. The first-order valence-corrected chi connectivity index (χ1v) is 9.56. The lowest BCUT2D eigenvalue weighted by Gasteiger charge is -2.11. The molecule has 138 valence electrons. The van der Waals surface area contributed by atoms with Crippen molar-refractivity contribution in [3.05, 3.63) is 111 Å². The largest absolute Gasteiger partial charge is 0.292 e. The number of benzene rings is 3. The van der Waals surface area contributed by atoms with Gasteiger partial charge in [-0.15, -0.1) is 0 Å². The van der Waals surface area contributed by atoms with Gasteiger partial charge in [-0.25, -0.2) is 4.98 Å². The van der Waals surface area contributed by atoms with Crippen LogP contribution in [0.4, 0.5) is 0 Å². The molecule has 0 radical (unpaired) electrons. The van der Waals surface area contributed by atoms with E-state index in [4.69, 9.17) is 16.6 Å². The van der Waals surface area contributed by atoms with Crippen LogP contribution in [-0.4, -0.2) is 9.55 Å². The zero-order chi connectivity index (χ0) is 19.3. The highest BCUT2D eigenvalue weighted by molar-refractivity contribution is 6.32. The van der Waals surface area contributed by atoms with Crippen LogP contribution in [0.25, 0.3) is 23.1 Å². The molecule has 0 bridgehead atoms. The SMILES string of the molecule is O=c1c2ccccc2nc(/C=C/c2ccccc2Cl)n1CCc1ccccc1. The summed E-state index contributed by atoms with van der Waals surface area (Å²) in [6, 6.07) is 25.2. The quantitative estimate of drug-likeness (QED) is 0.456. The molecule has 0 aliphatic rings. The van der Waals surface area contributed by atoms with E-state index in [2.05, 4.69) is 12.1 Å². The molecule has 0 spiro atoms. The van der Waals surface area contributed by atoms with E-state index in [1.54, 1.807) is 4.57 Å². The topological polar surface area (TPSA) is 34.9 Å². The predicted molar refractivity (Wildman–Crippen MR) is 117 cm³/mol. The Morgan fingerprint density at radius 2 is 1.57 bits per heavy atom. The van der Waals surface area contributed by atoms with Crippen LogP contribution in [0, 0.1) is 0 Å². The molecule has 28 heavy (non-hydrogen) atoms. The van der Waals surface area contributed by atoms with Gasteiger partial charge in [0.1, 0.15) is 5.82 Å². The Kier molecular flexibility index (Phi) is 5.36. The Balaban J connectivity index is 1.77. The minimum absolute atomic E-state index is 0.0275. The van der Waals surface area contributed by atoms with E-state index in [1.807, 2.05) is 78.9 Å². The maximum absolute atomic E-state index is 13.1. The highest BCUT2D eigenvalue weighted by Gasteiger charge is 2.09. The van der Waals surface area contributed by atoms with Gasteiger partial charge >= 0.3 is 0 Å². The number of aryl methyl sites for hydroxylation is 1. The molecule has 0 unspecified atom stereocenters. The van der Waals surface area contributed by atoms with Gasteiger partial charge in [-0.3, -0.25) is 9.36 Å². The summed E-state index contributed by atoms with van der Waals surface area (Å²) in [6.45, 7) is 0.558. The number of hydrogen-bond acceptors (Lipinski definition) is 2. The monoisotopic (exact) mass is 386 g/mol. The first-order chi connectivity index (χ1) is 13.7. The summed E-state index contributed by atoms with van der Waals surface area (Å²) in [6.07, 6.45) is 4.52. The average molecular weight is 387 g/mol. The van der Waals surface area contributed by atoms with Gasteiger partial charge < -0.3 is 0 Å². The molecule has 0 aliphatic carbocycles. The lowest BCUT2D eigenvalue weighted by molar-refractivity contribution is 0.655. The van der Waals surface area contributed by atoms with Gasteiger partial charge in [0.2, 0.25) is 0 Å². The number of halogens is 1. The predicted octanol–water partition coefficient (Wildman–Crippen LogP) is 5.46. The van der Waals surface area contributed by atoms with Gasteiger partial charge in [-0.05, 0) is 47.9 Å². The summed E-state index contributed by atoms with van der Waals surface area (Å²) in [5, 5.41) is 1.29. The molecule has 0 fully saturated rings. The first-order valence-electron chi connectivity index (χ1n) is 9.18. The van der Waals surface area contributed by atoms with E-state index in [0.29, 0.717) is 28.3 Å². The molecule has 3 nitrogen and oxygen atoms in total. The third-order valence-corrected chi connectivity index (χ3v) is 5.02. The molecule has 1 heterocycles. The lowest BCUT2D eigenvalue weighted by Crippen LogP contribution is -2.25. The number of hydrogen-bond donors (Lipinski definition) is 0. The molecule has 3 aromatic carbocycles. The van der Waals surface area contributed by atoms with Gasteiger partial charge in [0.05, 0.1) is 10.9 Å². The number of aromatic nitrogens is 2. The fourth-order valence-electron chi connectivity index (χ4n) is 3.19. The van der Waals surface area contributed by atoms with Crippen molar-refractivity contribution in [3.8, 4) is 0 Å². The summed E-state index contributed by atoms with van der Waals surface area (Å²) < 4.78 is 1.74. The van der Waals surface area contributed by atoms with Gasteiger partial charge in [0, 0.05) is 11.6 Å². The fourth-order valence-corrected chi connectivity index (χ4v) is 3.39. The van der Waals surface area contributed by atoms with Crippen LogP contribution in [-0.2, 0) is 13.0 Å².